The van der Waals surface area contributed by atoms with Crippen LogP contribution in [0.15, 0.2) is 56.7 Å². The molecular weight excluding hydrogens is 402 g/mol. The number of rotatable bonds is 4. The largest absolute Gasteiger partial charge is 0.507 e. The molecule has 0 amide bonds. The smallest absolute Gasteiger partial charge is 0.339 e. The van der Waals surface area contributed by atoms with Crippen molar-refractivity contribution in [2.75, 3.05) is 0 Å². The van der Waals surface area contributed by atoms with Gasteiger partial charge in [0.05, 0.1) is 16.9 Å². The number of aromatic nitrogens is 2. The van der Waals surface area contributed by atoms with E-state index >= 15 is 0 Å². The van der Waals surface area contributed by atoms with Gasteiger partial charge in [-0.2, -0.15) is 0 Å². The normalized spacial score (nSPS) is 11.2. The van der Waals surface area contributed by atoms with Gasteiger partial charge < -0.3 is 10.2 Å². The Bertz CT molecular complexity index is 1070. The van der Waals surface area contributed by atoms with E-state index in [9.17, 15) is 14.7 Å². The fourth-order valence-electron chi connectivity index (χ4n) is 2.40. The van der Waals surface area contributed by atoms with Gasteiger partial charge >= 0.3 is 5.97 Å². The average Bonchev–Trinajstić information content (AvgIpc) is 2.89. The van der Waals surface area contributed by atoms with Crippen molar-refractivity contribution in [2.24, 2.45) is 4.99 Å². The predicted molar refractivity (Wildman–Crippen MR) is 101 cm³/mol. The van der Waals surface area contributed by atoms with E-state index in [2.05, 4.69) is 26.0 Å². The van der Waals surface area contributed by atoms with Crippen LogP contribution in [0.4, 0.5) is 5.69 Å². The summed E-state index contributed by atoms with van der Waals surface area (Å²) in [5.41, 5.74) is 1.45. The molecule has 8 heteroatoms. The summed E-state index contributed by atoms with van der Waals surface area (Å²) in [6, 6.07) is 11.2. The molecule has 0 aliphatic heterocycles. The number of aliphatic imine (C=N–C) groups is 1. The van der Waals surface area contributed by atoms with Crippen molar-refractivity contribution in [1.82, 2.24) is 9.78 Å². The number of nitrogens with one attached hydrogen (secondary N) is 1. The van der Waals surface area contributed by atoms with Crippen LogP contribution in [0.2, 0.25) is 0 Å². The second-order valence-electron chi connectivity index (χ2n) is 5.53. The van der Waals surface area contributed by atoms with Crippen molar-refractivity contribution in [2.45, 2.75) is 6.92 Å². The molecule has 1 heterocycles. The highest BCUT2D eigenvalue weighted by molar-refractivity contribution is 9.10. The first kappa shape index (κ1) is 17.7. The summed E-state index contributed by atoms with van der Waals surface area (Å²) in [4.78, 5) is 27.9. The van der Waals surface area contributed by atoms with E-state index in [0.29, 0.717) is 22.6 Å². The summed E-state index contributed by atoms with van der Waals surface area (Å²) in [5, 5.41) is 21.6. The third-order valence-electron chi connectivity index (χ3n) is 3.76. The van der Waals surface area contributed by atoms with Crippen LogP contribution in [-0.4, -0.2) is 32.2 Å². The molecule has 3 aromatic rings. The molecule has 0 aliphatic rings. The zero-order chi connectivity index (χ0) is 18.8. The Labute approximate surface area is 156 Å². The first-order valence-corrected chi connectivity index (χ1v) is 8.34. The van der Waals surface area contributed by atoms with Crippen LogP contribution in [0.25, 0.3) is 5.69 Å². The van der Waals surface area contributed by atoms with Crippen LogP contribution < -0.4 is 5.56 Å². The Hall–Kier alpha value is -3.13. The van der Waals surface area contributed by atoms with Crippen LogP contribution in [0.5, 0.6) is 5.75 Å². The Morgan fingerprint density at radius 1 is 1.23 bits per heavy atom. The number of carbonyl (C=O) groups is 1. The lowest BCUT2D eigenvalue weighted by atomic mass is 10.2. The average molecular weight is 416 g/mol. The fraction of sp³-hybridized carbons (Fsp3) is 0.0556. The first-order chi connectivity index (χ1) is 12.4. The zero-order valence-corrected chi connectivity index (χ0v) is 15.2. The molecule has 0 saturated carbocycles. The van der Waals surface area contributed by atoms with Crippen molar-refractivity contribution in [3.05, 3.63) is 74.1 Å². The number of H-pyrrole nitrogens is 1. The molecule has 2 aromatic carbocycles. The summed E-state index contributed by atoms with van der Waals surface area (Å²) in [6.45, 7) is 1.75. The number of aromatic amines is 1. The maximum Gasteiger partial charge on any atom is 0.339 e. The second-order valence-corrected chi connectivity index (χ2v) is 6.45. The van der Waals surface area contributed by atoms with Gasteiger partial charge in [-0.3, -0.25) is 14.9 Å². The van der Waals surface area contributed by atoms with Gasteiger partial charge in [0.15, 0.2) is 0 Å². The van der Waals surface area contributed by atoms with Gasteiger partial charge in [-0.15, -0.1) is 0 Å². The highest BCUT2D eigenvalue weighted by atomic mass is 79.9. The molecule has 7 nitrogen and oxygen atoms in total. The summed E-state index contributed by atoms with van der Waals surface area (Å²) < 4.78 is 2.31. The van der Waals surface area contributed by atoms with Crippen LogP contribution >= 0.6 is 15.9 Å². The van der Waals surface area contributed by atoms with E-state index in [1.807, 2.05) is 12.1 Å². The van der Waals surface area contributed by atoms with Gasteiger partial charge in [0.2, 0.25) is 0 Å². The van der Waals surface area contributed by atoms with E-state index in [-0.39, 0.29) is 16.9 Å². The molecule has 3 N–H and O–H groups in total. The summed E-state index contributed by atoms with van der Waals surface area (Å²) in [6.07, 6.45) is 1.38. The lowest BCUT2D eigenvalue weighted by molar-refractivity contribution is 0.0694. The number of phenols is 1. The third-order valence-corrected chi connectivity index (χ3v) is 4.28. The molecule has 0 atom stereocenters. The number of aromatic hydroxyl groups is 1. The summed E-state index contributed by atoms with van der Waals surface area (Å²) in [7, 11) is 0. The number of nitrogens with zero attached hydrogens (tertiary/aromatic N) is 2. The topological polar surface area (TPSA) is 108 Å². The number of aryl methyl sites for hydroxylation is 1. The molecule has 0 fully saturated rings. The van der Waals surface area contributed by atoms with E-state index in [0.717, 1.165) is 4.47 Å². The van der Waals surface area contributed by atoms with E-state index in [1.165, 1.54) is 29.1 Å². The second kappa shape index (κ2) is 7.01. The molecule has 0 spiro atoms. The number of hydrogen-bond donors (Lipinski definition) is 3. The Morgan fingerprint density at radius 2 is 1.92 bits per heavy atom. The standard InChI is InChI=1S/C18H14BrN3O4/c1-10-15(9-20-12-4-7-16(23)14(8-12)18(25)26)17(24)22(21-10)13-5-2-11(19)3-6-13/h2-9,21,23H,1H3,(H,25,26). The van der Waals surface area contributed by atoms with Gasteiger partial charge in [-0.25, -0.2) is 9.48 Å². The van der Waals surface area contributed by atoms with E-state index in [4.69, 9.17) is 5.11 Å². The quantitative estimate of drug-likeness (QED) is 0.567. The number of carboxylic acids is 1. The van der Waals surface area contributed by atoms with Crippen molar-refractivity contribution in [3.63, 3.8) is 0 Å². The van der Waals surface area contributed by atoms with Crippen molar-refractivity contribution in [1.29, 1.82) is 0 Å². The third kappa shape index (κ3) is 3.45. The minimum absolute atomic E-state index is 0.252. The molecule has 1 aromatic heterocycles. The van der Waals surface area contributed by atoms with Crippen molar-refractivity contribution in [3.8, 4) is 11.4 Å². The highest BCUT2D eigenvalue weighted by Crippen LogP contribution is 2.23. The highest BCUT2D eigenvalue weighted by Gasteiger charge is 2.12. The van der Waals surface area contributed by atoms with Gasteiger partial charge in [0, 0.05) is 16.4 Å². The van der Waals surface area contributed by atoms with Gasteiger partial charge in [0.1, 0.15) is 11.3 Å². The number of carboxylic acid groups (broad SMARTS) is 1. The molecule has 0 bridgehead atoms. The monoisotopic (exact) mass is 415 g/mol. The minimum atomic E-state index is -1.25. The van der Waals surface area contributed by atoms with Crippen LogP contribution in [0.3, 0.4) is 0 Å². The Morgan fingerprint density at radius 3 is 2.58 bits per heavy atom. The lowest BCUT2D eigenvalue weighted by Gasteiger charge is -2.01. The summed E-state index contributed by atoms with van der Waals surface area (Å²) in [5.74, 6) is -1.60. The minimum Gasteiger partial charge on any atom is -0.507 e. The number of benzene rings is 2. The maximum absolute atomic E-state index is 12.6. The first-order valence-electron chi connectivity index (χ1n) is 7.55. The Balaban J connectivity index is 1.97. The SMILES string of the molecule is Cc1[nH]n(-c2ccc(Br)cc2)c(=O)c1C=Nc1ccc(O)c(C(=O)O)c1. The van der Waals surface area contributed by atoms with Gasteiger partial charge in [-0.1, -0.05) is 15.9 Å². The van der Waals surface area contributed by atoms with Crippen molar-refractivity contribution < 1.29 is 15.0 Å². The molecule has 132 valence electrons. The molecule has 0 unspecified atom stereocenters. The number of halogens is 1. The predicted octanol–water partition coefficient (Wildman–Crippen LogP) is 3.39. The number of hydrogen-bond acceptors (Lipinski definition) is 4. The maximum atomic E-state index is 12.6. The molecular formula is C18H14BrN3O4. The zero-order valence-electron chi connectivity index (χ0n) is 13.6. The molecule has 26 heavy (non-hydrogen) atoms. The van der Waals surface area contributed by atoms with Gasteiger partial charge in [-0.05, 0) is 49.4 Å². The molecule has 3 rings (SSSR count). The van der Waals surface area contributed by atoms with Crippen LogP contribution in [-0.2, 0) is 0 Å². The molecule has 0 radical (unpaired) electrons. The molecule has 0 saturated heterocycles. The fourth-order valence-corrected chi connectivity index (χ4v) is 2.66. The van der Waals surface area contributed by atoms with Crippen molar-refractivity contribution >= 4 is 33.8 Å². The van der Waals surface area contributed by atoms with E-state index in [1.54, 1.807) is 19.1 Å². The lowest BCUT2D eigenvalue weighted by Crippen LogP contribution is -2.17. The number of aromatic carboxylic acids is 1. The van der Waals surface area contributed by atoms with E-state index < -0.39 is 5.97 Å². The molecule has 0 aliphatic carbocycles. The van der Waals surface area contributed by atoms with Gasteiger partial charge in [0.25, 0.3) is 5.56 Å². The van der Waals surface area contributed by atoms with Crippen LogP contribution in [0, 0.1) is 6.92 Å². The Kier molecular flexibility index (Phi) is 4.77. The van der Waals surface area contributed by atoms with Crippen LogP contribution in [0.1, 0.15) is 21.6 Å². The summed E-state index contributed by atoms with van der Waals surface area (Å²) >= 11 is 3.35.